The summed E-state index contributed by atoms with van der Waals surface area (Å²) in [5, 5.41) is 3.96. The maximum Gasteiger partial charge on any atom is 0.269 e. The van der Waals surface area contributed by atoms with E-state index in [9.17, 15) is 9.59 Å². The van der Waals surface area contributed by atoms with Gasteiger partial charge in [0.15, 0.2) is 0 Å². The van der Waals surface area contributed by atoms with Crippen molar-refractivity contribution in [3.8, 4) is 0 Å². The Balaban J connectivity index is 1.34. The molecule has 0 radical (unpaired) electrons. The fraction of sp³-hybridized carbons (Fsp3) is 0.619. The van der Waals surface area contributed by atoms with Crippen molar-refractivity contribution >= 4 is 17.5 Å². The van der Waals surface area contributed by atoms with Crippen LogP contribution in [0.1, 0.15) is 38.7 Å². The second kappa shape index (κ2) is 7.74. The molecule has 0 bridgehead atoms. The van der Waals surface area contributed by atoms with E-state index in [1.165, 1.54) is 0 Å². The Kier molecular flexibility index (Phi) is 5.29. The number of likely N-dealkylation sites (tertiary alicyclic amines) is 1. The predicted octanol–water partition coefficient (Wildman–Crippen LogP) is 1.40. The standard InChI is InChI=1S/C21H28N4O4/c1-16-13-20(2,29-23-16)19(27)25-10-11-28-21(15-25)5-8-24(9-6-21)18(26)12-17-4-3-7-22-14-17/h3-4,7,14H,5-6,8-13,15H2,1-2H3. The van der Waals surface area contributed by atoms with Gasteiger partial charge in [-0.3, -0.25) is 14.6 Å². The molecule has 0 N–H and O–H groups in total. The smallest absolute Gasteiger partial charge is 0.269 e. The summed E-state index contributed by atoms with van der Waals surface area (Å²) in [6.45, 7) is 6.55. The van der Waals surface area contributed by atoms with E-state index < -0.39 is 5.60 Å². The molecule has 8 nitrogen and oxygen atoms in total. The van der Waals surface area contributed by atoms with Gasteiger partial charge in [-0.05, 0) is 38.3 Å². The Hall–Kier alpha value is -2.48. The predicted molar refractivity (Wildman–Crippen MR) is 106 cm³/mol. The van der Waals surface area contributed by atoms with E-state index in [4.69, 9.17) is 9.57 Å². The number of oxime groups is 1. The number of rotatable bonds is 3. The van der Waals surface area contributed by atoms with E-state index in [1.54, 1.807) is 19.3 Å². The molecule has 156 valence electrons. The molecule has 4 heterocycles. The van der Waals surface area contributed by atoms with Crippen LogP contribution in [-0.2, 0) is 25.6 Å². The zero-order valence-electron chi connectivity index (χ0n) is 17.1. The molecule has 8 heteroatoms. The summed E-state index contributed by atoms with van der Waals surface area (Å²) in [6, 6.07) is 3.76. The zero-order valence-corrected chi connectivity index (χ0v) is 17.1. The molecule has 1 spiro atoms. The number of hydrogen-bond acceptors (Lipinski definition) is 6. The second-order valence-corrected chi connectivity index (χ2v) is 8.50. The largest absolute Gasteiger partial charge is 0.379 e. The highest BCUT2D eigenvalue weighted by Crippen LogP contribution is 2.33. The van der Waals surface area contributed by atoms with Crippen molar-refractivity contribution in [3.05, 3.63) is 30.1 Å². The average molecular weight is 400 g/mol. The van der Waals surface area contributed by atoms with Crippen LogP contribution >= 0.6 is 0 Å². The van der Waals surface area contributed by atoms with Crippen LogP contribution in [0.25, 0.3) is 0 Å². The molecule has 0 aromatic carbocycles. The van der Waals surface area contributed by atoms with Gasteiger partial charge in [-0.1, -0.05) is 11.2 Å². The summed E-state index contributed by atoms with van der Waals surface area (Å²) in [5.41, 5.74) is 0.461. The molecule has 1 atom stereocenters. The van der Waals surface area contributed by atoms with Gasteiger partial charge in [-0.15, -0.1) is 0 Å². The Morgan fingerprint density at radius 1 is 1.21 bits per heavy atom. The lowest BCUT2D eigenvalue weighted by Crippen LogP contribution is -2.61. The molecule has 4 rings (SSSR count). The summed E-state index contributed by atoms with van der Waals surface area (Å²) in [4.78, 5) is 39.0. The maximum atomic E-state index is 13.1. The number of morpholine rings is 1. The molecule has 2 saturated heterocycles. The summed E-state index contributed by atoms with van der Waals surface area (Å²) in [6.07, 6.45) is 5.77. The highest BCUT2D eigenvalue weighted by molar-refractivity contribution is 5.94. The number of ether oxygens (including phenoxy) is 1. The van der Waals surface area contributed by atoms with Crippen LogP contribution in [-0.4, -0.2) is 76.3 Å². The van der Waals surface area contributed by atoms with Gasteiger partial charge < -0.3 is 19.4 Å². The number of pyridine rings is 1. The van der Waals surface area contributed by atoms with Gasteiger partial charge in [0.2, 0.25) is 11.5 Å². The van der Waals surface area contributed by atoms with Gasteiger partial charge in [0.25, 0.3) is 5.91 Å². The summed E-state index contributed by atoms with van der Waals surface area (Å²) < 4.78 is 6.14. The highest BCUT2D eigenvalue weighted by atomic mass is 16.7. The number of aromatic nitrogens is 1. The lowest BCUT2D eigenvalue weighted by molar-refractivity contribution is -0.176. The number of carbonyl (C=O) groups is 2. The second-order valence-electron chi connectivity index (χ2n) is 8.50. The number of hydrogen-bond donors (Lipinski definition) is 0. The molecule has 0 saturated carbocycles. The fourth-order valence-corrected chi connectivity index (χ4v) is 4.45. The third kappa shape index (κ3) is 4.12. The van der Waals surface area contributed by atoms with Crippen molar-refractivity contribution in [3.63, 3.8) is 0 Å². The van der Waals surface area contributed by atoms with Crippen LogP contribution in [0.5, 0.6) is 0 Å². The maximum absolute atomic E-state index is 13.1. The SMILES string of the molecule is CC1=NOC(C)(C(=O)N2CCOC3(CCN(C(=O)Cc4cccnc4)CC3)C2)C1. The average Bonchev–Trinajstić information content (AvgIpc) is 3.08. The number of amides is 2. The highest BCUT2D eigenvalue weighted by Gasteiger charge is 2.48. The van der Waals surface area contributed by atoms with Crippen molar-refractivity contribution in [1.82, 2.24) is 14.8 Å². The van der Waals surface area contributed by atoms with Gasteiger partial charge in [-0.25, -0.2) is 0 Å². The molecule has 3 aliphatic rings. The molecule has 1 unspecified atom stereocenters. The van der Waals surface area contributed by atoms with E-state index in [0.717, 1.165) is 24.1 Å². The molecule has 3 aliphatic heterocycles. The van der Waals surface area contributed by atoms with Gasteiger partial charge in [0.1, 0.15) is 0 Å². The molecule has 29 heavy (non-hydrogen) atoms. The molecule has 2 fully saturated rings. The molecule has 2 amide bonds. The van der Waals surface area contributed by atoms with Gasteiger partial charge in [-0.2, -0.15) is 0 Å². The zero-order chi connectivity index (χ0) is 20.5. The van der Waals surface area contributed by atoms with Crippen molar-refractivity contribution in [2.45, 2.75) is 50.7 Å². The van der Waals surface area contributed by atoms with E-state index >= 15 is 0 Å². The minimum atomic E-state index is -0.914. The van der Waals surface area contributed by atoms with E-state index in [1.807, 2.05) is 28.9 Å². The number of piperidine rings is 1. The fourth-order valence-electron chi connectivity index (χ4n) is 4.45. The molecule has 1 aromatic rings. The quantitative estimate of drug-likeness (QED) is 0.766. The van der Waals surface area contributed by atoms with E-state index in [2.05, 4.69) is 10.1 Å². The van der Waals surface area contributed by atoms with Crippen molar-refractivity contribution in [2.75, 3.05) is 32.8 Å². The van der Waals surface area contributed by atoms with Gasteiger partial charge in [0.05, 0.1) is 30.9 Å². The Morgan fingerprint density at radius 2 is 2.00 bits per heavy atom. The monoisotopic (exact) mass is 400 g/mol. The van der Waals surface area contributed by atoms with E-state index in [-0.39, 0.29) is 17.4 Å². The van der Waals surface area contributed by atoms with Crippen LogP contribution in [0.4, 0.5) is 0 Å². The van der Waals surface area contributed by atoms with Crippen LogP contribution in [0.15, 0.2) is 29.7 Å². The summed E-state index contributed by atoms with van der Waals surface area (Å²) >= 11 is 0. The normalized spacial score (nSPS) is 26.2. The van der Waals surface area contributed by atoms with Crippen molar-refractivity contribution in [1.29, 1.82) is 0 Å². The molecular weight excluding hydrogens is 372 g/mol. The van der Waals surface area contributed by atoms with Gasteiger partial charge >= 0.3 is 0 Å². The topological polar surface area (TPSA) is 84.3 Å². The molecule has 0 aliphatic carbocycles. The Morgan fingerprint density at radius 3 is 2.66 bits per heavy atom. The minimum Gasteiger partial charge on any atom is -0.379 e. The Labute approximate surface area is 170 Å². The first-order valence-corrected chi connectivity index (χ1v) is 10.2. The van der Waals surface area contributed by atoms with Gasteiger partial charge in [0, 0.05) is 38.4 Å². The van der Waals surface area contributed by atoms with Crippen LogP contribution in [0.3, 0.4) is 0 Å². The van der Waals surface area contributed by atoms with Crippen molar-refractivity contribution < 1.29 is 19.2 Å². The van der Waals surface area contributed by atoms with Crippen molar-refractivity contribution in [2.24, 2.45) is 5.16 Å². The third-order valence-electron chi connectivity index (χ3n) is 6.09. The van der Waals surface area contributed by atoms with Crippen LogP contribution < -0.4 is 0 Å². The first-order chi connectivity index (χ1) is 13.9. The Bertz CT molecular complexity index is 804. The number of carbonyl (C=O) groups excluding carboxylic acids is 2. The minimum absolute atomic E-state index is 0.0316. The summed E-state index contributed by atoms with van der Waals surface area (Å²) in [7, 11) is 0. The lowest BCUT2D eigenvalue weighted by atomic mass is 9.88. The molecular formula is C21H28N4O4. The molecule has 1 aromatic heterocycles. The first kappa shape index (κ1) is 19.8. The summed E-state index contributed by atoms with van der Waals surface area (Å²) in [5.74, 6) is 0.0759. The third-order valence-corrected chi connectivity index (χ3v) is 6.09. The number of nitrogens with zero attached hydrogens (tertiary/aromatic N) is 4. The van der Waals surface area contributed by atoms with Crippen LogP contribution in [0, 0.1) is 0 Å². The van der Waals surface area contributed by atoms with Crippen LogP contribution in [0.2, 0.25) is 0 Å². The first-order valence-electron chi connectivity index (χ1n) is 10.2. The van der Waals surface area contributed by atoms with E-state index in [0.29, 0.717) is 45.6 Å². The lowest BCUT2D eigenvalue weighted by Gasteiger charge is -2.48.